The first-order valence-corrected chi connectivity index (χ1v) is 14.9. The lowest BCUT2D eigenvalue weighted by Gasteiger charge is -2.41. The molecular weight excluding hydrogens is 532 g/mol. The van der Waals surface area contributed by atoms with Gasteiger partial charge in [-0.2, -0.15) is 4.31 Å². The lowest BCUT2D eigenvalue weighted by atomic mass is 10.0. The molecule has 1 unspecified atom stereocenters. The van der Waals surface area contributed by atoms with Crippen molar-refractivity contribution >= 4 is 38.7 Å². The average Bonchev–Trinajstić information content (AvgIpc) is 3.29. The van der Waals surface area contributed by atoms with Gasteiger partial charge in [-0.25, -0.2) is 8.42 Å². The maximum absolute atomic E-state index is 13.5. The van der Waals surface area contributed by atoms with Gasteiger partial charge in [0.2, 0.25) is 10.0 Å². The molecule has 3 N–H and O–H groups in total. The molecule has 2 aliphatic heterocycles. The number of nitrogens with one attached hydrogen (secondary N) is 2. The predicted octanol–water partition coefficient (Wildman–Crippen LogP) is 3.25. The second kappa shape index (κ2) is 10.8. The van der Waals surface area contributed by atoms with Gasteiger partial charge in [-0.3, -0.25) is 14.5 Å². The van der Waals surface area contributed by atoms with E-state index in [4.69, 9.17) is 16.3 Å². The van der Waals surface area contributed by atoms with Crippen LogP contribution in [0, 0.1) is 0 Å². The van der Waals surface area contributed by atoms with Crippen molar-refractivity contribution in [3.8, 4) is 5.75 Å². The molecule has 3 atom stereocenters. The number of anilines is 3. The molecule has 2 fully saturated rings. The Morgan fingerprint density at radius 2 is 1.74 bits per heavy atom. The molecule has 0 aromatic heterocycles. The third kappa shape index (κ3) is 5.44. The minimum atomic E-state index is -4.13. The minimum Gasteiger partial charge on any atom is -0.504 e. The first kappa shape index (κ1) is 28.8. The molecule has 0 aliphatic carbocycles. The summed E-state index contributed by atoms with van der Waals surface area (Å²) in [6, 6.07) is 2.56. The summed E-state index contributed by atoms with van der Waals surface area (Å²) in [5, 5.41) is 16.8. The Labute approximate surface area is 228 Å². The molecule has 0 amide bonds. The highest BCUT2D eigenvalue weighted by molar-refractivity contribution is 7.89. The van der Waals surface area contributed by atoms with Crippen LogP contribution < -0.4 is 21.5 Å². The van der Waals surface area contributed by atoms with Gasteiger partial charge in [-0.1, -0.05) is 18.5 Å². The van der Waals surface area contributed by atoms with Crippen LogP contribution in [-0.4, -0.2) is 72.7 Å². The zero-order valence-corrected chi connectivity index (χ0v) is 24.1. The van der Waals surface area contributed by atoms with Gasteiger partial charge in [0, 0.05) is 31.7 Å². The first-order valence-electron chi connectivity index (χ1n) is 13.0. The van der Waals surface area contributed by atoms with Gasteiger partial charge in [-0.05, 0) is 59.1 Å². The van der Waals surface area contributed by atoms with Crippen LogP contribution in [-0.2, 0) is 14.8 Å². The van der Waals surface area contributed by atoms with Crippen molar-refractivity contribution in [2.75, 3.05) is 36.8 Å². The summed E-state index contributed by atoms with van der Waals surface area (Å²) in [5.74, 6) is -0.602. The fraction of sp³-hybridized carbons (Fsp3) is 0.615. The number of sulfonamides is 1. The second-order valence-electron chi connectivity index (χ2n) is 11.1. The number of piperazine rings is 1. The van der Waals surface area contributed by atoms with E-state index < -0.39 is 31.5 Å². The van der Waals surface area contributed by atoms with E-state index >= 15 is 0 Å². The zero-order chi connectivity index (χ0) is 28.0. The number of benzene rings is 1. The molecule has 210 valence electrons. The SMILES string of the molecule is CC[C@@H](Nc1c(Nc2ccc(Cl)c(S(=O)(=O)N3CCN(C(C)(C)C)CC3)c2O)c(=O)c1=O)C1CC[C@@H](C)O1. The predicted molar refractivity (Wildman–Crippen MR) is 149 cm³/mol. The van der Waals surface area contributed by atoms with Crippen molar-refractivity contribution in [1.29, 1.82) is 0 Å². The quantitative estimate of drug-likeness (QED) is 0.325. The maximum Gasteiger partial charge on any atom is 0.253 e. The van der Waals surface area contributed by atoms with Gasteiger partial charge >= 0.3 is 0 Å². The second-order valence-corrected chi connectivity index (χ2v) is 13.4. The number of phenolic OH excluding ortho intramolecular Hbond substituents is 1. The minimum absolute atomic E-state index is 0.0285. The average molecular weight is 569 g/mol. The first-order chi connectivity index (χ1) is 17.8. The fourth-order valence-electron chi connectivity index (χ4n) is 5.18. The molecule has 0 bridgehead atoms. The van der Waals surface area contributed by atoms with E-state index in [0.29, 0.717) is 19.5 Å². The maximum atomic E-state index is 13.5. The van der Waals surface area contributed by atoms with Gasteiger partial charge in [0.1, 0.15) is 16.3 Å². The Morgan fingerprint density at radius 3 is 2.29 bits per heavy atom. The molecule has 12 heteroatoms. The summed E-state index contributed by atoms with van der Waals surface area (Å²) in [5.41, 5.74) is -1.48. The Kier molecular flexibility index (Phi) is 8.17. The number of hydrogen-bond acceptors (Lipinski definition) is 9. The van der Waals surface area contributed by atoms with Crippen LogP contribution in [0.4, 0.5) is 17.1 Å². The molecule has 10 nitrogen and oxygen atoms in total. The Balaban J connectivity index is 1.58. The fourth-order valence-corrected chi connectivity index (χ4v) is 7.19. The summed E-state index contributed by atoms with van der Waals surface area (Å²) < 4.78 is 34.3. The summed E-state index contributed by atoms with van der Waals surface area (Å²) in [7, 11) is -4.13. The number of rotatable bonds is 8. The Morgan fingerprint density at radius 1 is 1.11 bits per heavy atom. The number of nitrogens with zero attached hydrogens (tertiary/aromatic N) is 2. The van der Waals surface area contributed by atoms with Gasteiger partial charge in [0.25, 0.3) is 10.9 Å². The van der Waals surface area contributed by atoms with Gasteiger partial charge in [-0.15, -0.1) is 0 Å². The topological polar surface area (TPSA) is 128 Å². The molecule has 0 spiro atoms. The standard InChI is InChI=1S/C26H37ClN4O6S/c1-6-17(19-10-7-15(2)37-19)28-20-21(24(34)23(20)33)29-18-9-8-16(27)25(22(18)32)38(35,36)31-13-11-30(12-14-31)26(3,4)5/h8-9,15,17,19,28-29,32H,6-7,10-14H2,1-5H3/t15-,17-,19?/m1/s1. The van der Waals surface area contributed by atoms with Crippen LogP contribution in [0.15, 0.2) is 26.6 Å². The van der Waals surface area contributed by atoms with Crippen molar-refractivity contribution in [2.45, 2.75) is 82.6 Å². The molecule has 0 saturated carbocycles. The van der Waals surface area contributed by atoms with Crippen LogP contribution >= 0.6 is 11.6 Å². The lowest BCUT2D eigenvalue weighted by molar-refractivity contribution is 0.0438. The van der Waals surface area contributed by atoms with Crippen LogP contribution in [0.1, 0.15) is 53.9 Å². The molecular formula is C26H37ClN4O6S. The van der Waals surface area contributed by atoms with Crippen molar-refractivity contribution in [1.82, 2.24) is 9.21 Å². The summed E-state index contributed by atoms with van der Waals surface area (Å²) in [6.45, 7) is 11.8. The van der Waals surface area contributed by atoms with Crippen LogP contribution in [0.3, 0.4) is 0 Å². The van der Waals surface area contributed by atoms with Crippen molar-refractivity contribution < 1.29 is 18.3 Å². The highest BCUT2D eigenvalue weighted by Crippen LogP contribution is 2.40. The molecule has 38 heavy (non-hydrogen) atoms. The summed E-state index contributed by atoms with van der Waals surface area (Å²) in [6.07, 6.45) is 2.47. The number of phenols is 1. The molecule has 4 rings (SSSR count). The number of ether oxygens (including phenoxy) is 1. The molecule has 2 aromatic carbocycles. The van der Waals surface area contributed by atoms with E-state index in [1.165, 1.54) is 16.4 Å². The van der Waals surface area contributed by atoms with E-state index in [9.17, 15) is 23.1 Å². The number of halogens is 1. The van der Waals surface area contributed by atoms with Gasteiger partial charge < -0.3 is 20.5 Å². The number of aromatic hydroxyl groups is 1. The smallest absolute Gasteiger partial charge is 0.253 e. The van der Waals surface area contributed by atoms with E-state index in [1.807, 2.05) is 13.8 Å². The lowest BCUT2D eigenvalue weighted by Crippen LogP contribution is -2.54. The molecule has 2 saturated heterocycles. The largest absolute Gasteiger partial charge is 0.504 e. The zero-order valence-electron chi connectivity index (χ0n) is 22.5. The van der Waals surface area contributed by atoms with Crippen molar-refractivity contribution in [2.24, 2.45) is 0 Å². The van der Waals surface area contributed by atoms with Gasteiger partial charge in [0.05, 0.1) is 29.0 Å². The number of hydrogen-bond donors (Lipinski definition) is 3. The van der Waals surface area contributed by atoms with E-state index in [-0.39, 0.29) is 59.0 Å². The van der Waals surface area contributed by atoms with E-state index in [2.05, 4.69) is 36.3 Å². The third-order valence-electron chi connectivity index (χ3n) is 7.52. The van der Waals surface area contributed by atoms with Crippen LogP contribution in [0.25, 0.3) is 0 Å². The molecule has 2 aliphatic rings. The van der Waals surface area contributed by atoms with Crippen LogP contribution in [0.2, 0.25) is 5.02 Å². The molecule has 2 aromatic rings. The Hall–Kier alpha value is -2.18. The monoisotopic (exact) mass is 568 g/mol. The van der Waals surface area contributed by atoms with E-state index in [1.54, 1.807) is 0 Å². The van der Waals surface area contributed by atoms with Crippen molar-refractivity contribution in [3.63, 3.8) is 0 Å². The highest BCUT2D eigenvalue weighted by Gasteiger charge is 2.36. The van der Waals surface area contributed by atoms with E-state index in [0.717, 1.165) is 12.8 Å². The highest BCUT2D eigenvalue weighted by atomic mass is 35.5. The van der Waals surface area contributed by atoms with Gasteiger partial charge in [0.15, 0.2) is 5.75 Å². The Bertz CT molecular complexity index is 1360. The van der Waals surface area contributed by atoms with Crippen LogP contribution in [0.5, 0.6) is 5.75 Å². The normalized spacial score (nSPS) is 22.6. The summed E-state index contributed by atoms with van der Waals surface area (Å²) >= 11 is 6.28. The third-order valence-corrected chi connectivity index (χ3v) is 9.92. The molecule has 2 heterocycles. The molecule has 0 radical (unpaired) electrons. The summed E-state index contributed by atoms with van der Waals surface area (Å²) in [4.78, 5) is 26.6. The van der Waals surface area contributed by atoms with Crippen molar-refractivity contribution in [3.05, 3.63) is 37.6 Å².